The van der Waals surface area contributed by atoms with E-state index in [1.807, 2.05) is 54.8 Å². The molecule has 3 rings (SSSR count). The average molecular weight is 369 g/mol. The molecule has 0 radical (unpaired) electrons. The summed E-state index contributed by atoms with van der Waals surface area (Å²) in [5.74, 6) is -0.209. The standard InChI is InChI=1S/C21H24N2O2S/c1-4-5-15-6-10-17(11-7-15)21(2)19(24)23(20(25)22-21)14-16-8-12-18(26-3)13-9-16/h6-13H,4-5,14H2,1-3H3,(H,22,25). The predicted molar refractivity (Wildman–Crippen MR) is 105 cm³/mol. The summed E-state index contributed by atoms with van der Waals surface area (Å²) in [6.07, 6.45) is 4.11. The van der Waals surface area contributed by atoms with E-state index in [0.717, 1.165) is 28.9 Å². The first-order chi connectivity index (χ1) is 12.5. The first kappa shape index (κ1) is 18.5. The van der Waals surface area contributed by atoms with Crippen LogP contribution in [0.15, 0.2) is 53.4 Å². The molecule has 2 aromatic rings. The number of urea groups is 1. The Morgan fingerprint density at radius 2 is 1.62 bits per heavy atom. The Kier molecular flexibility index (Phi) is 5.37. The molecule has 0 aliphatic carbocycles. The Morgan fingerprint density at radius 1 is 1.00 bits per heavy atom. The first-order valence-corrected chi connectivity index (χ1v) is 10.1. The van der Waals surface area contributed by atoms with Crippen molar-refractivity contribution < 1.29 is 9.59 Å². The summed E-state index contributed by atoms with van der Waals surface area (Å²) in [5, 5.41) is 2.87. The first-order valence-electron chi connectivity index (χ1n) is 8.84. The van der Waals surface area contributed by atoms with Crippen LogP contribution in [0.1, 0.15) is 37.0 Å². The maximum absolute atomic E-state index is 13.0. The Morgan fingerprint density at radius 3 is 2.19 bits per heavy atom. The van der Waals surface area contributed by atoms with Crippen LogP contribution in [-0.4, -0.2) is 23.1 Å². The van der Waals surface area contributed by atoms with Crippen LogP contribution >= 0.6 is 11.8 Å². The summed E-state index contributed by atoms with van der Waals surface area (Å²) < 4.78 is 0. The molecule has 1 N–H and O–H groups in total. The van der Waals surface area contributed by atoms with Crippen molar-refractivity contribution in [3.05, 3.63) is 65.2 Å². The number of carbonyl (C=O) groups is 2. The molecule has 5 heteroatoms. The van der Waals surface area contributed by atoms with Crippen LogP contribution in [0.25, 0.3) is 0 Å². The van der Waals surface area contributed by atoms with Gasteiger partial charge in [0.15, 0.2) is 0 Å². The molecule has 1 saturated heterocycles. The minimum atomic E-state index is -1.01. The lowest BCUT2D eigenvalue weighted by molar-refractivity contribution is -0.131. The van der Waals surface area contributed by atoms with Crippen LogP contribution in [0, 0.1) is 0 Å². The van der Waals surface area contributed by atoms with Crippen LogP contribution in [0.4, 0.5) is 4.79 Å². The van der Waals surface area contributed by atoms with E-state index in [-0.39, 0.29) is 18.5 Å². The van der Waals surface area contributed by atoms with Crippen molar-refractivity contribution in [3.63, 3.8) is 0 Å². The highest BCUT2D eigenvalue weighted by Crippen LogP contribution is 2.30. The second kappa shape index (κ2) is 7.54. The third kappa shape index (κ3) is 3.49. The highest BCUT2D eigenvalue weighted by atomic mass is 32.2. The average Bonchev–Trinajstić information content (AvgIpc) is 2.87. The molecule has 1 atom stereocenters. The van der Waals surface area contributed by atoms with Gasteiger partial charge in [-0.15, -0.1) is 11.8 Å². The predicted octanol–water partition coefficient (Wildman–Crippen LogP) is 4.33. The molecule has 1 unspecified atom stereocenters. The van der Waals surface area contributed by atoms with Gasteiger partial charge in [-0.05, 0) is 48.4 Å². The zero-order valence-electron chi connectivity index (χ0n) is 15.4. The molecule has 1 aliphatic heterocycles. The van der Waals surface area contributed by atoms with Crippen LogP contribution < -0.4 is 5.32 Å². The van der Waals surface area contributed by atoms with Crippen molar-refractivity contribution in [3.8, 4) is 0 Å². The topological polar surface area (TPSA) is 49.4 Å². The summed E-state index contributed by atoms with van der Waals surface area (Å²) in [5.41, 5.74) is 1.98. The van der Waals surface area contributed by atoms with E-state index in [9.17, 15) is 9.59 Å². The monoisotopic (exact) mass is 368 g/mol. The maximum Gasteiger partial charge on any atom is 0.325 e. The summed E-state index contributed by atoms with van der Waals surface area (Å²) in [6.45, 7) is 4.20. The number of carbonyl (C=O) groups excluding carboxylic acids is 2. The van der Waals surface area contributed by atoms with E-state index < -0.39 is 5.54 Å². The van der Waals surface area contributed by atoms with Crippen LogP contribution in [0.5, 0.6) is 0 Å². The van der Waals surface area contributed by atoms with Gasteiger partial charge >= 0.3 is 6.03 Å². The van der Waals surface area contributed by atoms with Crippen LogP contribution in [0.2, 0.25) is 0 Å². The summed E-state index contributed by atoms with van der Waals surface area (Å²) in [4.78, 5) is 27.9. The van der Waals surface area contributed by atoms with Gasteiger partial charge in [0.05, 0.1) is 6.54 Å². The molecule has 1 heterocycles. The fraction of sp³-hybridized carbons (Fsp3) is 0.333. The van der Waals surface area contributed by atoms with Gasteiger partial charge in [0.1, 0.15) is 5.54 Å². The molecular formula is C21H24N2O2S. The lowest BCUT2D eigenvalue weighted by Gasteiger charge is -2.22. The minimum absolute atomic E-state index is 0.209. The lowest BCUT2D eigenvalue weighted by atomic mass is 9.91. The SMILES string of the molecule is CCCc1ccc(C2(C)NC(=O)N(Cc3ccc(SC)cc3)C2=O)cc1. The lowest BCUT2D eigenvalue weighted by Crippen LogP contribution is -2.40. The van der Waals surface area contributed by atoms with Crippen LogP contribution in [0.3, 0.4) is 0 Å². The number of imide groups is 1. The smallest absolute Gasteiger partial charge is 0.319 e. The number of nitrogens with one attached hydrogen (secondary N) is 1. The molecule has 1 aliphatic rings. The van der Waals surface area contributed by atoms with E-state index in [0.29, 0.717) is 0 Å². The molecule has 4 nitrogen and oxygen atoms in total. The summed E-state index contributed by atoms with van der Waals surface area (Å²) >= 11 is 1.66. The van der Waals surface area contributed by atoms with Gasteiger partial charge < -0.3 is 5.32 Å². The van der Waals surface area contributed by atoms with Crippen molar-refractivity contribution in [2.45, 2.75) is 43.7 Å². The molecule has 0 bridgehead atoms. The molecule has 2 aromatic carbocycles. The van der Waals surface area contributed by atoms with Crippen molar-refractivity contribution in [2.75, 3.05) is 6.26 Å². The molecule has 136 valence electrons. The van der Waals surface area contributed by atoms with Gasteiger partial charge in [0.25, 0.3) is 5.91 Å². The molecule has 0 aromatic heterocycles. The number of thioether (sulfide) groups is 1. The highest BCUT2D eigenvalue weighted by Gasteiger charge is 2.48. The quantitative estimate of drug-likeness (QED) is 0.610. The minimum Gasteiger partial charge on any atom is -0.319 e. The maximum atomic E-state index is 13.0. The van der Waals surface area contributed by atoms with E-state index in [1.54, 1.807) is 18.7 Å². The number of aryl methyl sites for hydroxylation is 1. The number of hydrogen-bond donors (Lipinski definition) is 1. The van der Waals surface area contributed by atoms with Gasteiger partial charge in [0.2, 0.25) is 0 Å². The number of hydrogen-bond acceptors (Lipinski definition) is 3. The molecule has 3 amide bonds. The summed E-state index contributed by atoms with van der Waals surface area (Å²) in [6, 6.07) is 15.5. The van der Waals surface area contributed by atoms with E-state index in [2.05, 4.69) is 12.2 Å². The van der Waals surface area contributed by atoms with Gasteiger partial charge in [-0.25, -0.2) is 4.79 Å². The van der Waals surface area contributed by atoms with Gasteiger partial charge in [-0.2, -0.15) is 0 Å². The van der Waals surface area contributed by atoms with Crippen molar-refractivity contribution in [1.29, 1.82) is 0 Å². The Hall–Kier alpha value is -2.27. The van der Waals surface area contributed by atoms with Crippen molar-refractivity contribution >= 4 is 23.7 Å². The molecule has 1 fully saturated rings. The van der Waals surface area contributed by atoms with E-state index in [4.69, 9.17) is 0 Å². The third-order valence-electron chi connectivity index (χ3n) is 4.84. The molecular weight excluding hydrogens is 344 g/mol. The molecule has 26 heavy (non-hydrogen) atoms. The van der Waals surface area contributed by atoms with Gasteiger partial charge in [-0.1, -0.05) is 49.7 Å². The van der Waals surface area contributed by atoms with Gasteiger partial charge in [-0.3, -0.25) is 9.69 Å². The second-order valence-corrected chi connectivity index (χ2v) is 7.62. The Labute approximate surface area is 159 Å². The zero-order valence-corrected chi connectivity index (χ0v) is 16.2. The Balaban J connectivity index is 1.80. The fourth-order valence-corrected chi connectivity index (χ4v) is 3.65. The molecule has 0 spiro atoms. The second-order valence-electron chi connectivity index (χ2n) is 6.74. The largest absolute Gasteiger partial charge is 0.325 e. The van der Waals surface area contributed by atoms with Crippen LogP contribution in [-0.2, 0) is 23.3 Å². The number of nitrogens with zero attached hydrogens (tertiary/aromatic N) is 1. The van der Waals surface area contributed by atoms with E-state index in [1.165, 1.54) is 10.5 Å². The normalized spacial score (nSPS) is 19.7. The summed E-state index contributed by atoms with van der Waals surface area (Å²) in [7, 11) is 0. The fourth-order valence-electron chi connectivity index (χ4n) is 3.24. The zero-order chi connectivity index (χ0) is 18.7. The van der Waals surface area contributed by atoms with Crippen molar-refractivity contribution in [2.24, 2.45) is 0 Å². The Bertz CT molecular complexity index is 802. The number of rotatable bonds is 6. The van der Waals surface area contributed by atoms with Crippen molar-refractivity contribution in [1.82, 2.24) is 10.2 Å². The van der Waals surface area contributed by atoms with Gasteiger partial charge in [0, 0.05) is 4.90 Å². The number of benzene rings is 2. The highest BCUT2D eigenvalue weighted by molar-refractivity contribution is 7.98. The third-order valence-corrected chi connectivity index (χ3v) is 5.59. The molecule has 0 saturated carbocycles. The number of amides is 3. The van der Waals surface area contributed by atoms with E-state index >= 15 is 0 Å².